The van der Waals surface area contributed by atoms with Crippen LogP contribution in [0.5, 0.6) is 0 Å². The van der Waals surface area contributed by atoms with Gasteiger partial charge in [0.15, 0.2) is 0 Å². The van der Waals surface area contributed by atoms with Gasteiger partial charge in [-0.25, -0.2) is 0 Å². The second kappa shape index (κ2) is 8.49. The van der Waals surface area contributed by atoms with Crippen LogP contribution in [-0.2, 0) is 4.79 Å². The molecule has 2 atom stereocenters. The number of benzene rings is 3. The fourth-order valence-electron chi connectivity index (χ4n) is 3.23. The Balaban J connectivity index is 1.59. The van der Waals surface area contributed by atoms with Crippen LogP contribution < -0.4 is 10.6 Å². The molecule has 0 heterocycles. The lowest BCUT2D eigenvalue weighted by Crippen LogP contribution is -2.38. The topological polar surface area (TPSA) is 58.2 Å². The molecule has 0 fully saturated rings. The molecule has 0 spiro atoms. The summed E-state index contributed by atoms with van der Waals surface area (Å²) >= 11 is 0. The SMILES string of the molecule is CC(CC(=O)NC(C)c1cccc2ccccc12)NC(=O)c1ccccc1. The van der Waals surface area contributed by atoms with Crippen molar-refractivity contribution in [3.8, 4) is 0 Å². The van der Waals surface area contributed by atoms with E-state index in [0.29, 0.717) is 5.56 Å². The molecule has 0 aliphatic rings. The Kier molecular flexibility index (Phi) is 5.87. The average Bonchev–Trinajstić information content (AvgIpc) is 2.67. The summed E-state index contributed by atoms with van der Waals surface area (Å²) in [5, 5.41) is 8.20. The van der Waals surface area contributed by atoms with Gasteiger partial charge in [-0.2, -0.15) is 0 Å². The van der Waals surface area contributed by atoms with Gasteiger partial charge in [0.25, 0.3) is 5.91 Å². The van der Waals surface area contributed by atoms with Crippen LogP contribution >= 0.6 is 0 Å². The van der Waals surface area contributed by atoms with Crippen molar-refractivity contribution < 1.29 is 9.59 Å². The van der Waals surface area contributed by atoms with E-state index in [4.69, 9.17) is 0 Å². The predicted molar refractivity (Wildman–Crippen MR) is 108 cm³/mol. The molecule has 0 radical (unpaired) electrons. The first-order valence-corrected chi connectivity index (χ1v) is 9.17. The van der Waals surface area contributed by atoms with Crippen molar-refractivity contribution in [3.63, 3.8) is 0 Å². The molecule has 2 N–H and O–H groups in total. The Hall–Kier alpha value is -3.14. The van der Waals surface area contributed by atoms with Crippen LogP contribution in [-0.4, -0.2) is 17.9 Å². The van der Waals surface area contributed by atoms with E-state index in [0.717, 1.165) is 16.3 Å². The minimum Gasteiger partial charge on any atom is -0.349 e. The van der Waals surface area contributed by atoms with Crippen molar-refractivity contribution >= 4 is 22.6 Å². The van der Waals surface area contributed by atoms with Crippen molar-refractivity contribution in [2.75, 3.05) is 0 Å². The van der Waals surface area contributed by atoms with Crippen molar-refractivity contribution in [2.24, 2.45) is 0 Å². The third-order valence-corrected chi connectivity index (χ3v) is 4.57. The first-order valence-electron chi connectivity index (χ1n) is 9.17. The third-order valence-electron chi connectivity index (χ3n) is 4.57. The fraction of sp³-hybridized carbons (Fsp3) is 0.217. The molecule has 0 aliphatic heterocycles. The van der Waals surface area contributed by atoms with Gasteiger partial charge in [-0.15, -0.1) is 0 Å². The summed E-state index contributed by atoms with van der Waals surface area (Å²) in [5.74, 6) is -0.255. The summed E-state index contributed by atoms with van der Waals surface area (Å²) in [7, 11) is 0. The van der Waals surface area contributed by atoms with Crippen LogP contribution in [0.15, 0.2) is 72.8 Å². The van der Waals surface area contributed by atoms with Gasteiger partial charge in [0.2, 0.25) is 5.91 Å². The quantitative estimate of drug-likeness (QED) is 0.691. The molecule has 0 saturated heterocycles. The average molecular weight is 360 g/mol. The van der Waals surface area contributed by atoms with Gasteiger partial charge in [-0.1, -0.05) is 60.7 Å². The molecule has 0 saturated carbocycles. The number of nitrogens with one attached hydrogen (secondary N) is 2. The lowest BCUT2D eigenvalue weighted by atomic mass is 9.99. The summed E-state index contributed by atoms with van der Waals surface area (Å²) in [6.07, 6.45) is 0.230. The van der Waals surface area contributed by atoms with E-state index in [1.165, 1.54) is 0 Å². The first kappa shape index (κ1) is 18.6. The Morgan fingerprint density at radius 2 is 1.48 bits per heavy atom. The lowest BCUT2D eigenvalue weighted by Gasteiger charge is -2.19. The summed E-state index contributed by atoms with van der Waals surface area (Å²) in [6.45, 7) is 3.82. The molecular weight excluding hydrogens is 336 g/mol. The van der Waals surface area contributed by atoms with Gasteiger partial charge in [0.1, 0.15) is 0 Å². The zero-order chi connectivity index (χ0) is 19.2. The van der Waals surface area contributed by atoms with Gasteiger partial charge >= 0.3 is 0 Å². The number of fused-ring (bicyclic) bond motifs is 1. The molecular formula is C23H24N2O2. The van der Waals surface area contributed by atoms with E-state index >= 15 is 0 Å². The zero-order valence-corrected chi connectivity index (χ0v) is 15.6. The van der Waals surface area contributed by atoms with Crippen molar-refractivity contribution in [3.05, 3.63) is 83.9 Å². The first-order chi connectivity index (χ1) is 13.0. The number of amides is 2. The molecule has 0 bridgehead atoms. The van der Waals surface area contributed by atoms with Crippen LogP contribution in [0, 0.1) is 0 Å². The highest BCUT2D eigenvalue weighted by atomic mass is 16.2. The van der Waals surface area contributed by atoms with E-state index in [2.05, 4.69) is 28.8 Å². The molecule has 0 aromatic heterocycles. The maximum atomic E-state index is 12.4. The van der Waals surface area contributed by atoms with Gasteiger partial charge in [-0.3, -0.25) is 9.59 Å². The number of rotatable bonds is 6. The van der Waals surface area contributed by atoms with Crippen LogP contribution in [0.3, 0.4) is 0 Å². The van der Waals surface area contributed by atoms with Crippen molar-refractivity contribution in [1.82, 2.24) is 10.6 Å². The van der Waals surface area contributed by atoms with Gasteiger partial charge in [-0.05, 0) is 42.3 Å². The van der Waals surface area contributed by atoms with Gasteiger partial charge in [0, 0.05) is 18.0 Å². The summed E-state index contributed by atoms with van der Waals surface area (Å²) < 4.78 is 0. The number of carbonyl (C=O) groups is 2. The molecule has 0 aliphatic carbocycles. The second-order valence-electron chi connectivity index (χ2n) is 6.80. The van der Waals surface area contributed by atoms with E-state index in [1.54, 1.807) is 12.1 Å². The van der Waals surface area contributed by atoms with E-state index in [-0.39, 0.29) is 30.3 Å². The highest BCUT2D eigenvalue weighted by Gasteiger charge is 2.16. The highest BCUT2D eigenvalue weighted by molar-refractivity contribution is 5.94. The van der Waals surface area contributed by atoms with E-state index in [1.807, 2.05) is 56.3 Å². The number of carbonyl (C=O) groups excluding carboxylic acids is 2. The molecule has 3 aromatic carbocycles. The monoisotopic (exact) mass is 360 g/mol. The molecule has 3 rings (SSSR count). The molecule has 2 unspecified atom stereocenters. The Labute approximate surface area is 159 Å². The Morgan fingerprint density at radius 3 is 2.26 bits per heavy atom. The molecule has 4 heteroatoms. The van der Waals surface area contributed by atoms with Crippen molar-refractivity contribution in [1.29, 1.82) is 0 Å². The second-order valence-corrected chi connectivity index (χ2v) is 6.80. The van der Waals surface area contributed by atoms with Crippen LogP contribution in [0.25, 0.3) is 10.8 Å². The van der Waals surface area contributed by atoms with Gasteiger partial charge in [0.05, 0.1) is 6.04 Å². The summed E-state index contributed by atoms with van der Waals surface area (Å²) in [4.78, 5) is 24.6. The predicted octanol–water partition coefficient (Wildman–Crippen LogP) is 4.23. The number of hydrogen-bond acceptors (Lipinski definition) is 2. The standard InChI is InChI=1S/C23H24N2O2/c1-16(24-23(27)19-10-4-3-5-11-19)15-22(26)25-17(2)20-14-8-12-18-9-6-7-13-21(18)20/h3-14,16-17H,15H2,1-2H3,(H,24,27)(H,25,26). The Morgan fingerprint density at radius 1 is 0.815 bits per heavy atom. The fourth-order valence-corrected chi connectivity index (χ4v) is 3.23. The molecule has 2 amide bonds. The third kappa shape index (κ3) is 4.73. The Bertz CT molecular complexity index is 932. The van der Waals surface area contributed by atoms with Crippen LogP contribution in [0.1, 0.15) is 42.2 Å². The van der Waals surface area contributed by atoms with Gasteiger partial charge < -0.3 is 10.6 Å². The summed E-state index contributed by atoms with van der Waals surface area (Å²) in [6, 6.07) is 22.9. The van der Waals surface area contributed by atoms with Crippen LogP contribution in [0.4, 0.5) is 0 Å². The zero-order valence-electron chi connectivity index (χ0n) is 15.6. The maximum Gasteiger partial charge on any atom is 0.251 e. The van der Waals surface area contributed by atoms with E-state index < -0.39 is 0 Å². The minimum atomic E-state index is -0.252. The molecule has 27 heavy (non-hydrogen) atoms. The maximum absolute atomic E-state index is 12.4. The lowest BCUT2D eigenvalue weighted by molar-refractivity contribution is -0.122. The largest absolute Gasteiger partial charge is 0.349 e. The summed E-state index contributed by atoms with van der Waals surface area (Å²) in [5.41, 5.74) is 1.68. The smallest absolute Gasteiger partial charge is 0.251 e. The highest BCUT2D eigenvalue weighted by Crippen LogP contribution is 2.24. The van der Waals surface area contributed by atoms with E-state index in [9.17, 15) is 9.59 Å². The van der Waals surface area contributed by atoms with Crippen LogP contribution in [0.2, 0.25) is 0 Å². The minimum absolute atomic E-state index is 0.0868. The number of hydrogen-bond donors (Lipinski definition) is 2. The normalized spacial score (nSPS) is 13.0. The molecule has 3 aromatic rings. The molecule has 4 nitrogen and oxygen atoms in total. The van der Waals surface area contributed by atoms with Crippen molar-refractivity contribution in [2.45, 2.75) is 32.4 Å². The molecule has 138 valence electrons.